The van der Waals surface area contributed by atoms with Crippen LogP contribution in [-0.4, -0.2) is 25.0 Å². The molecule has 0 amide bonds. The number of allylic oxidation sites excluding steroid dienone is 8. The van der Waals surface area contributed by atoms with Gasteiger partial charge in [0.15, 0.2) is 0 Å². The molecule has 0 unspecified atom stereocenters. The Hall–Kier alpha value is -1.08. The van der Waals surface area contributed by atoms with E-state index in [0.717, 1.165) is 0 Å². The lowest BCUT2D eigenvalue weighted by atomic mass is 9.72. The van der Waals surface area contributed by atoms with Crippen LogP contribution in [0.3, 0.4) is 0 Å². The van der Waals surface area contributed by atoms with Crippen molar-refractivity contribution in [2.45, 2.75) is 19.8 Å². The third-order valence-electron chi connectivity index (χ3n) is 3.87. The van der Waals surface area contributed by atoms with Gasteiger partial charge in [-0.15, -0.1) is 0 Å². The summed E-state index contributed by atoms with van der Waals surface area (Å²) >= 11 is 0. The largest absolute Gasteiger partial charge is 0.306 e. The summed E-state index contributed by atoms with van der Waals surface area (Å²) in [7, 11) is 2.21. The van der Waals surface area contributed by atoms with Crippen LogP contribution in [0.5, 0.6) is 0 Å². The predicted octanol–water partition coefficient (Wildman–Crippen LogP) is 3.33. The number of piperidine rings is 1. The second-order valence-corrected chi connectivity index (χ2v) is 4.94. The summed E-state index contributed by atoms with van der Waals surface area (Å²) in [4.78, 5) is 2.42. The van der Waals surface area contributed by atoms with Gasteiger partial charge in [-0.2, -0.15) is 0 Å². The van der Waals surface area contributed by atoms with Crippen molar-refractivity contribution in [2.75, 3.05) is 20.1 Å². The standard InChI is InChI=1S/C15H21N/c1-14-8-6-4-3-5-7-9-15(14)10-12-16(2)13-11-15/h3-9H,10-13H2,1-2H3/b5-3+,6-4-,9-7-,14-8+. The number of likely N-dealkylation sites (tertiary alicyclic amines) is 1. The molecule has 1 saturated heterocycles. The van der Waals surface area contributed by atoms with Crippen LogP contribution in [0.1, 0.15) is 19.8 Å². The first-order valence-electron chi connectivity index (χ1n) is 6.11. The van der Waals surface area contributed by atoms with Gasteiger partial charge < -0.3 is 4.90 Å². The van der Waals surface area contributed by atoms with Crippen molar-refractivity contribution in [1.29, 1.82) is 0 Å². The second kappa shape index (κ2) is 4.84. The van der Waals surface area contributed by atoms with Crippen LogP contribution in [0.2, 0.25) is 0 Å². The highest BCUT2D eigenvalue weighted by Crippen LogP contribution is 2.40. The van der Waals surface area contributed by atoms with Crippen molar-refractivity contribution in [2.24, 2.45) is 5.41 Å². The van der Waals surface area contributed by atoms with E-state index >= 15 is 0 Å². The van der Waals surface area contributed by atoms with E-state index in [0.29, 0.717) is 5.41 Å². The normalized spacial score (nSPS) is 34.2. The van der Waals surface area contributed by atoms with E-state index in [9.17, 15) is 0 Å². The molecule has 0 atom stereocenters. The van der Waals surface area contributed by atoms with Gasteiger partial charge in [-0.25, -0.2) is 0 Å². The zero-order chi connectivity index (χ0) is 11.4. The SMILES string of the molecule is C\C1=C/C=C\C=C\C=C/C12CCN(C)CC2. The molecule has 1 fully saturated rings. The maximum atomic E-state index is 2.42. The molecule has 1 aliphatic carbocycles. The molecular weight excluding hydrogens is 194 g/mol. The lowest BCUT2D eigenvalue weighted by Crippen LogP contribution is -2.37. The Bertz CT molecular complexity index is 350. The number of hydrogen-bond acceptors (Lipinski definition) is 1. The van der Waals surface area contributed by atoms with Crippen LogP contribution in [-0.2, 0) is 0 Å². The van der Waals surface area contributed by atoms with Crippen molar-refractivity contribution in [3.8, 4) is 0 Å². The van der Waals surface area contributed by atoms with E-state index in [2.05, 4.69) is 61.4 Å². The molecule has 16 heavy (non-hydrogen) atoms. The highest BCUT2D eigenvalue weighted by atomic mass is 15.1. The molecule has 0 bridgehead atoms. The molecule has 86 valence electrons. The van der Waals surface area contributed by atoms with Crippen molar-refractivity contribution in [1.82, 2.24) is 4.90 Å². The summed E-state index contributed by atoms with van der Waals surface area (Å²) in [5, 5.41) is 0. The first-order valence-corrected chi connectivity index (χ1v) is 6.11. The second-order valence-electron chi connectivity index (χ2n) is 4.94. The Labute approximate surface area is 98.8 Å². The third kappa shape index (κ3) is 2.35. The third-order valence-corrected chi connectivity index (χ3v) is 3.87. The van der Waals surface area contributed by atoms with Gasteiger partial charge in [0, 0.05) is 5.41 Å². The van der Waals surface area contributed by atoms with E-state index in [4.69, 9.17) is 0 Å². The molecule has 2 rings (SSSR count). The molecule has 1 nitrogen and oxygen atoms in total. The van der Waals surface area contributed by atoms with Gasteiger partial charge in [0.05, 0.1) is 0 Å². The fourth-order valence-corrected chi connectivity index (χ4v) is 2.51. The lowest BCUT2D eigenvalue weighted by Gasteiger charge is -2.39. The maximum Gasteiger partial charge on any atom is 0.0118 e. The van der Waals surface area contributed by atoms with E-state index in [-0.39, 0.29) is 0 Å². The molecule has 1 heteroatoms. The summed E-state index contributed by atoms with van der Waals surface area (Å²) in [5.74, 6) is 0. The van der Waals surface area contributed by atoms with E-state index in [1.807, 2.05) is 0 Å². The summed E-state index contributed by atoms with van der Waals surface area (Å²) in [6.45, 7) is 4.66. The molecule has 1 aliphatic heterocycles. The average Bonchev–Trinajstić information content (AvgIpc) is 2.37. The minimum absolute atomic E-state index is 0.297. The Kier molecular flexibility index (Phi) is 3.45. The van der Waals surface area contributed by atoms with E-state index in [1.165, 1.54) is 31.5 Å². The topological polar surface area (TPSA) is 3.24 Å². The molecule has 0 radical (unpaired) electrons. The molecule has 0 aromatic heterocycles. The number of rotatable bonds is 0. The molecular formula is C15H21N. The molecule has 0 aromatic rings. The smallest absolute Gasteiger partial charge is 0.0118 e. The summed E-state index contributed by atoms with van der Waals surface area (Å²) < 4.78 is 0. The Morgan fingerprint density at radius 3 is 2.38 bits per heavy atom. The summed E-state index contributed by atoms with van der Waals surface area (Å²) in [6, 6.07) is 0. The molecule has 1 spiro atoms. The van der Waals surface area contributed by atoms with Crippen LogP contribution in [0.25, 0.3) is 0 Å². The van der Waals surface area contributed by atoms with Gasteiger partial charge in [-0.3, -0.25) is 0 Å². The average molecular weight is 215 g/mol. The predicted molar refractivity (Wildman–Crippen MR) is 70.3 cm³/mol. The molecule has 0 saturated carbocycles. The van der Waals surface area contributed by atoms with E-state index in [1.54, 1.807) is 0 Å². The van der Waals surface area contributed by atoms with Crippen LogP contribution >= 0.6 is 0 Å². The quantitative estimate of drug-likeness (QED) is 0.599. The Morgan fingerprint density at radius 1 is 1.00 bits per heavy atom. The summed E-state index contributed by atoms with van der Waals surface area (Å²) in [6.07, 6.45) is 17.8. The maximum absolute atomic E-state index is 2.42. The van der Waals surface area contributed by atoms with Crippen LogP contribution in [0.15, 0.2) is 48.1 Å². The van der Waals surface area contributed by atoms with Crippen LogP contribution < -0.4 is 0 Å². The molecule has 0 aromatic carbocycles. The van der Waals surface area contributed by atoms with Gasteiger partial charge in [0.1, 0.15) is 0 Å². The zero-order valence-electron chi connectivity index (χ0n) is 10.3. The monoisotopic (exact) mass is 215 g/mol. The van der Waals surface area contributed by atoms with E-state index < -0.39 is 0 Å². The Morgan fingerprint density at radius 2 is 1.62 bits per heavy atom. The molecule has 1 heterocycles. The van der Waals surface area contributed by atoms with Gasteiger partial charge in [0.2, 0.25) is 0 Å². The van der Waals surface area contributed by atoms with Crippen molar-refractivity contribution >= 4 is 0 Å². The van der Waals surface area contributed by atoms with Gasteiger partial charge >= 0.3 is 0 Å². The Balaban J connectivity index is 2.28. The number of hydrogen-bond donors (Lipinski definition) is 0. The molecule has 0 N–H and O–H groups in total. The van der Waals surface area contributed by atoms with Gasteiger partial charge in [-0.1, -0.05) is 48.1 Å². The van der Waals surface area contributed by atoms with Gasteiger partial charge in [-0.05, 0) is 39.9 Å². The van der Waals surface area contributed by atoms with Crippen molar-refractivity contribution in [3.05, 3.63) is 48.1 Å². The minimum atomic E-state index is 0.297. The summed E-state index contributed by atoms with van der Waals surface area (Å²) in [5.41, 5.74) is 1.79. The fraction of sp³-hybridized carbons (Fsp3) is 0.467. The zero-order valence-corrected chi connectivity index (χ0v) is 10.3. The van der Waals surface area contributed by atoms with Crippen molar-refractivity contribution in [3.63, 3.8) is 0 Å². The minimum Gasteiger partial charge on any atom is -0.306 e. The van der Waals surface area contributed by atoms with Crippen LogP contribution in [0, 0.1) is 5.41 Å². The first kappa shape index (κ1) is 11.4. The highest BCUT2D eigenvalue weighted by Gasteiger charge is 2.32. The first-order chi connectivity index (χ1) is 7.73. The lowest BCUT2D eigenvalue weighted by molar-refractivity contribution is 0.192. The highest BCUT2D eigenvalue weighted by molar-refractivity contribution is 5.30. The van der Waals surface area contributed by atoms with Crippen molar-refractivity contribution < 1.29 is 0 Å². The number of nitrogens with zero attached hydrogens (tertiary/aromatic N) is 1. The fourth-order valence-electron chi connectivity index (χ4n) is 2.51. The van der Waals surface area contributed by atoms with Gasteiger partial charge in [0.25, 0.3) is 0 Å². The molecule has 2 aliphatic rings. The van der Waals surface area contributed by atoms with Crippen LogP contribution in [0.4, 0.5) is 0 Å².